The van der Waals surface area contributed by atoms with E-state index in [1.807, 2.05) is 0 Å². The predicted molar refractivity (Wildman–Crippen MR) is 141 cm³/mol. The molecule has 0 saturated heterocycles. The van der Waals surface area contributed by atoms with Crippen molar-refractivity contribution in [2.45, 2.75) is 142 Å². The third kappa shape index (κ3) is 7.91. The number of hydrogen-bond acceptors (Lipinski definition) is 0. The molecule has 0 heterocycles. The first-order valence-electron chi connectivity index (χ1n) is 15.3. The lowest BCUT2D eigenvalue weighted by molar-refractivity contribution is 0.153. The van der Waals surface area contributed by atoms with Gasteiger partial charge in [-0.3, -0.25) is 0 Å². The van der Waals surface area contributed by atoms with E-state index in [0.717, 1.165) is 47.3 Å². The van der Waals surface area contributed by atoms with Gasteiger partial charge in [-0.25, -0.2) is 0 Å². The van der Waals surface area contributed by atoms with Crippen molar-refractivity contribution >= 4 is 0 Å². The molecule has 0 heteroatoms. The molecule has 0 nitrogen and oxygen atoms in total. The second kappa shape index (κ2) is 13.0. The van der Waals surface area contributed by atoms with E-state index in [1.54, 1.807) is 83.5 Å². The first kappa shape index (κ1) is 24.9. The summed E-state index contributed by atoms with van der Waals surface area (Å²) in [5.41, 5.74) is 0. The molecule has 4 aliphatic carbocycles. The molecule has 4 fully saturated rings. The van der Waals surface area contributed by atoms with Gasteiger partial charge in [0.05, 0.1) is 0 Å². The smallest absolute Gasteiger partial charge is 0.0322 e. The van der Waals surface area contributed by atoms with E-state index in [0.29, 0.717) is 0 Å². The summed E-state index contributed by atoms with van der Waals surface area (Å²) < 4.78 is 0. The summed E-state index contributed by atoms with van der Waals surface area (Å²) in [5.74, 6) is 8.52. The minimum absolute atomic E-state index is 1.000. The molecule has 0 amide bonds. The van der Waals surface area contributed by atoms with Crippen LogP contribution in [0.4, 0.5) is 0 Å². The van der Waals surface area contributed by atoms with Crippen LogP contribution in [0, 0.1) is 47.3 Å². The summed E-state index contributed by atoms with van der Waals surface area (Å²) in [4.78, 5) is 0. The van der Waals surface area contributed by atoms with Gasteiger partial charge in [-0.2, -0.15) is 0 Å². The van der Waals surface area contributed by atoms with Crippen LogP contribution in [0.5, 0.6) is 0 Å². The highest BCUT2D eigenvalue weighted by Crippen LogP contribution is 2.43. The fraction of sp³-hybridized carbons (Fsp3) is 0.938. The zero-order valence-electron chi connectivity index (χ0n) is 21.9. The Morgan fingerprint density at radius 3 is 1.03 bits per heavy atom. The fourth-order valence-electron chi connectivity index (χ4n) is 8.42. The van der Waals surface area contributed by atoms with E-state index in [4.69, 9.17) is 0 Å². The van der Waals surface area contributed by atoms with Gasteiger partial charge in [0.15, 0.2) is 0 Å². The highest BCUT2D eigenvalue weighted by molar-refractivity contribution is 4.85. The van der Waals surface area contributed by atoms with Crippen LogP contribution >= 0.6 is 0 Å². The summed E-state index contributed by atoms with van der Waals surface area (Å²) >= 11 is 0. The predicted octanol–water partition coefficient (Wildman–Crippen LogP) is 10.4. The highest BCUT2D eigenvalue weighted by Gasteiger charge is 2.30. The highest BCUT2D eigenvalue weighted by atomic mass is 14.4. The maximum atomic E-state index is 2.46. The van der Waals surface area contributed by atoms with E-state index in [1.165, 1.54) is 44.9 Å². The van der Waals surface area contributed by atoms with Gasteiger partial charge in [0, 0.05) is 0 Å². The second-order valence-corrected chi connectivity index (χ2v) is 13.3. The molecule has 4 saturated carbocycles. The first-order chi connectivity index (χ1) is 15.7. The van der Waals surface area contributed by atoms with Crippen molar-refractivity contribution in [1.82, 2.24) is 0 Å². The zero-order valence-corrected chi connectivity index (χ0v) is 21.9. The van der Waals surface area contributed by atoms with Gasteiger partial charge in [-0.05, 0) is 92.8 Å². The minimum Gasteiger partial charge on any atom is -0.0917 e. The van der Waals surface area contributed by atoms with E-state index in [2.05, 4.69) is 26.0 Å². The number of rotatable bonds is 8. The summed E-state index contributed by atoms with van der Waals surface area (Å²) in [6, 6.07) is 0. The van der Waals surface area contributed by atoms with Crippen LogP contribution in [-0.2, 0) is 0 Å². The van der Waals surface area contributed by atoms with Crippen molar-refractivity contribution in [3.63, 3.8) is 0 Å². The SMILES string of the molecule is CC=CCC1CCC(CC2CCC(CC3CCC(CC4CCC(C)CC4)CC3)CC2)CC1. The summed E-state index contributed by atoms with van der Waals surface area (Å²) in [6.07, 6.45) is 35.5. The fourth-order valence-corrected chi connectivity index (χ4v) is 8.42. The van der Waals surface area contributed by atoms with Crippen molar-refractivity contribution < 1.29 is 0 Å². The molecule has 0 bridgehead atoms. The van der Waals surface area contributed by atoms with Gasteiger partial charge >= 0.3 is 0 Å². The molecule has 0 unspecified atom stereocenters. The largest absolute Gasteiger partial charge is 0.0917 e. The van der Waals surface area contributed by atoms with Crippen LogP contribution in [0.15, 0.2) is 12.2 Å². The normalized spacial score (nSPS) is 41.7. The van der Waals surface area contributed by atoms with Crippen LogP contribution in [-0.4, -0.2) is 0 Å². The van der Waals surface area contributed by atoms with Gasteiger partial charge in [-0.15, -0.1) is 0 Å². The van der Waals surface area contributed by atoms with Gasteiger partial charge < -0.3 is 0 Å². The zero-order chi connectivity index (χ0) is 22.2. The van der Waals surface area contributed by atoms with Gasteiger partial charge in [0.1, 0.15) is 0 Å². The molecular weight excluding hydrogens is 384 g/mol. The van der Waals surface area contributed by atoms with Crippen molar-refractivity contribution in [2.75, 3.05) is 0 Å². The standard InChI is InChI=1S/C32H56/c1-3-4-5-26-10-12-28(13-11-26)23-30-18-20-32(21-19-30)24-31-16-14-29(15-17-31)22-27-8-6-25(2)7-9-27/h3-4,25-32H,5-24H2,1-2H3. The molecule has 32 heavy (non-hydrogen) atoms. The average Bonchev–Trinajstić information content (AvgIpc) is 2.83. The molecule has 4 rings (SSSR count). The third-order valence-electron chi connectivity index (χ3n) is 10.7. The van der Waals surface area contributed by atoms with Crippen molar-refractivity contribution in [2.24, 2.45) is 47.3 Å². The molecule has 0 aromatic carbocycles. The summed E-state index contributed by atoms with van der Waals surface area (Å²) in [6.45, 7) is 4.64. The molecular formula is C32H56. The number of allylic oxidation sites excluding steroid dienone is 2. The maximum absolute atomic E-state index is 2.46. The van der Waals surface area contributed by atoms with Gasteiger partial charge in [0.2, 0.25) is 0 Å². The van der Waals surface area contributed by atoms with E-state index < -0.39 is 0 Å². The van der Waals surface area contributed by atoms with Crippen molar-refractivity contribution in [1.29, 1.82) is 0 Å². The number of hydrogen-bond donors (Lipinski definition) is 0. The lowest BCUT2D eigenvalue weighted by Crippen LogP contribution is -2.24. The van der Waals surface area contributed by atoms with Crippen molar-refractivity contribution in [3.8, 4) is 0 Å². The van der Waals surface area contributed by atoms with Crippen LogP contribution in [0.2, 0.25) is 0 Å². The van der Waals surface area contributed by atoms with Crippen LogP contribution in [0.25, 0.3) is 0 Å². The third-order valence-corrected chi connectivity index (χ3v) is 10.7. The van der Waals surface area contributed by atoms with E-state index in [-0.39, 0.29) is 0 Å². The molecule has 0 aliphatic heterocycles. The Bertz CT molecular complexity index is 514. The molecule has 0 N–H and O–H groups in total. The lowest BCUT2D eigenvalue weighted by Gasteiger charge is -2.37. The van der Waals surface area contributed by atoms with Crippen LogP contribution < -0.4 is 0 Å². The quantitative estimate of drug-likeness (QED) is 0.329. The molecule has 4 aliphatic rings. The van der Waals surface area contributed by atoms with Gasteiger partial charge in [-0.1, -0.05) is 109 Å². The topological polar surface area (TPSA) is 0 Å². The Balaban J connectivity index is 1.06. The maximum Gasteiger partial charge on any atom is -0.0322 e. The van der Waals surface area contributed by atoms with Crippen LogP contribution in [0.1, 0.15) is 142 Å². The Morgan fingerprint density at radius 1 is 0.438 bits per heavy atom. The van der Waals surface area contributed by atoms with Crippen LogP contribution in [0.3, 0.4) is 0 Å². The average molecular weight is 441 g/mol. The van der Waals surface area contributed by atoms with Gasteiger partial charge in [0.25, 0.3) is 0 Å². The molecule has 0 spiro atoms. The van der Waals surface area contributed by atoms with E-state index in [9.17, 15) is 0 Å². The van der Waals surface area contributed by atoms with Crippen molar-refractivity contribution in [3.05, 3.63) is 12.2 Å². The summed E-state index contributed by atoms with van der Waals surface area (Å²) in [7, 11) is 0. The molecule has 0 aromatic heterocycles. The molecule has 184 valence electrons. The van der Waals surface area contributed by atoms with E-state index >= 15 is 0 Å². The Kier molecular flexibility index (Phi) is 10.1. The summed E-state index contributed by atoms with van der Waals surface area (Å²) in [5, 5.41) is 0. The monoisotopic (exact) mass is 440 g/mol. The molecule has 0 atom stereocenters. The lowest BCUT2D eigenvalue weighted by atomic mass is 9.69. The second-order valence-electron chi connectivity index (χ2n) is 13.3. The molecule has 0 aromatic rings. The molecule has 0 radical (unpaired) electrons. The first-order valence-corrected chi connectivity index (χ1v) is 15.3. The Labute approximate surface area is 201 Å². The minimum atomic E-state index is 1.000. The Morgan fingerprint density at radius 2 is 0.719 bits per heavy atom. The Hall–Kier alpha value is -0.260.